The van der Waals surface area contributed by atoms with Gasteiger partial charge in [0.25, 0.3) is 5.91 Å². The van der Waals surface area contributed by atoms with Crippen molar-refractivity contribution in [3.8, 4) is 0 Å². The van der Waals surface area contributed by atoms with Crippen LogP contribution in [0.15, 0.2) is 18.2 Å². The molecule has 1 aromatic rings. The third-order valence-electron chi connectivity index (χ3n) is 2.19. The lowest BCUT2D eigenvalue weighted by atomic mass is 10.1. The van der Waals surface area contributed by atoms with Crippen molar-refractivity contribution in [3.63, 3.8) is 0 Å². The van der Waals surface area contributed by atoms with E-state index in [2.05, 4.69) is 0 Å². The standard InChI is InChI=1S/C11H14N2O3/c1-6-5-8(3-4-9(6)12)11(15)16-7(2)10(13)14/h3-5,7H,12H2,1-2H3,(H2,13,14). The summed E-state index contributed by atoms with van der Waals surface area (Å²) in [7, 11) is 0. The van der Waals surface area contributed by atoms with E-state index in [1.54, 1.807) is 25.1 Å². The highest BCUT2D eigenvalue weighted by atomic mass is 16.5. The van der Waals surface area contributed by atoms with Crippen LogP contribution in [0.2, 0.25) is 0 Å². The van der Waals surface area contributed by atoms with E-state index in [9.17, 15) is 9.59 Å². The highest BCUT2D eigenvalue weighted by Crippen LogP contribution is 2.13. The molecule has 0 heterocycles. The van der Waals surface area contributed by atoms with Crippen molar-refractivity contribution in [2.45, 2.75) is 20.0 Å². The van der Waals surface area contributed by atoms with Crippen LogP contribution in [-0.2, 0) is 9.53 Å². The fourth-order valence-corrected chi connectivity index (χ4v) is 1.09. The van der Waals surface area contributed by atoms with Gasteiger partial charge in [0.2, 0.25) is 0 Å². The van der Waals surface area contributed by atoms with Crippen LogP contribution in [0.25, 0.3) is 0 Å². The topological polar surface area (TPSA) is 95.4 Å². The van der Waals surface area contributed by atoms with E-state index in [1.165, 1.54) is 6.92 Å². The Morgan fingerprint density at radius 1 is 1.38 bits per heavy atom. The zero-order chi connectivity index (χ0) is 12.3. The Bertz CT molecular complexity index is 429. The third-order valence-corrected chi connectivity index (χ3v) is 2.19. The molecule has 0 saturated carbocycles. The summed E-state index contributed by atoms with van der Waals surface area (Å²) in [6.45, 7) is 3.20. The van der Waals surface area contributed by atoms with E-state index in [-0.39, 0.29) is 0 Å². The molecule has 5 heteroatoms. The van der Waals surface area contributed by atoms with Crippen molar-refractivity contribution >= 4 is 17.6 Å². The van der Waals surface area contributed by atoms with Crippen LogP contribution < -0.4 is 11.5 Å². The summed E-state index contributed by atoms with van der Waals surface area (Å²) >= 11 is 0. The van der Waals surface area contributed by atoms with Gasteiger partial charge < -0.3 is 16.2 Å². The predicted molar refractivity (Wildman–Crippen MR) is 59.7 cm³/mol. The zero-order valence-corrected chi connectivity index (χ0v) is 9.19. The van der Waals surface area contributed by atoms with Gasteiger partial charge in [0.1, 0.15) is 0 Å². The molecular formula is C11H14N2O3. The number of aryl methyl sites for hydroxylation is 1. The number of carbonyl (C=O) groups is 2. The van der Waals surface area contributed by atoms with Crippen molar-refractivity contribution in [1.82, 2.24) is 0 Å². The van der Waals surface area contributed by atoms with Gasteiger partial charge in [-0.05, 0) is 37.6 Å². The molecule has 0 aliphatic rings. The van der Waals surface area contributed by atoms with Crippen LogP contribution in [0, 0.1) is 6.92 Å². The van der Waals surface area contributed by atoms with Gasteiger partial charge in [-0.1, -0.05) is 0 Å². The third kappa shape index (κ3) is 2.73. The summed E-state index contributed by atoms with van der Waals surface area (Å²) in [5.41, 5.74) is 12.3. The van der Waals surface area contributed by atoms with Gasteiger partial charge in [0.05, 0.1) is 5.56 Å². The molecule has 0 fully saturated rings. The first kappa shape index (κ1) is 12.0. The van der Waals surface area contributed by atoms with Crippen molar-refractivity contribution < 1.29 is 14.3 Å². The maximum Gasteiger partial charge on any atom is 0.338 e. The number of primary amides is 1. The first-order valence-electron chi connectivity index (χ1n) is 4.78. The van der Waals surface area contributed by atoms with Crippen molar-refractivity contribution in [3.05, 3.63) is 29.3 Å². The summed E-state index contributed by atoms with van der Waals surface area (Å²) in [5.74, 6) is -1.27. The maximum absolute atomic E-state index is 11.6. The molecule has 86 valence electrons. The number of esters is 1. The molecule has 1 atom stereocenters. The minimum Gasteiger partial charge on any atom is -0.449 e. The molecule has 0 aromatic heterocycles. The van der Waals surface area contributed by atoms with E-state index in [4.69, 9.17) is 16.2 Å². The van der Waals surface area contributed by atoms with Crippen LogP contribution in [0.4, 0.5) is 5.69 Å². The van der Waals surface area contributed by atoms with Gasteiger partial charge in [0.15, 0.2) is 6.10 Å². The normalized spacial score (nSPS) is 11.9. The molecule has 1 rings (SSSR count). The summed E-state index contributed by atoms with van der Waals surface area (Å²) in [6.07, 6.45) is -0.939. The highest BCUT2D eigenvalue weighted by Gasteiger charge is 2.16. The SMILES string of the molecule is Cc1cc(C(=O)OC(C)C(N)=O)ccc1N. The Kier molecular flexibility index (Phi) is 3.50. The molecule has 1 amide bonds. The molecule has 1 unspecified atom stereocenters. The number of carbonyl (C=O) groups excluding carboxylic acids is 2. The molecule has 0 bridgehead atoms. The number of rotatable bonds is 3. The van der Waals surface area contributed by atoms with Crippen molar-refractivity contribution in [2.24, 2.45) is 5.73 Å². The average Bonchev–Trinajstić information content (AvgIpc) is 2.21. The number of amides is 1. The molecule has 0 aliphatic carbocycles. The van der Waals surface area contributed by atoms with Gasteiger partial charge in [0, 0.05) is 5.69 Å². The highest BCUT2D eigenvalue weighted by molar-refractivity contribution is 5.92. The van der Waals surface area contributed by atoms with Crippen LogP contribution in [0.1, 0.15) is 22.8 Å². The van der Waals surface area contributed by atoms with Crippen LogP contribution in [0.3, 0.4) is 0 Å². The summed E-state index contributed by atoms with van der Waals surface area (Å²) in [4.78, 5) is 22.3. The quantitative estimate of drug-likeness (QED) is 0.578. The smallest absolute Gasteiger partial charge is 0.338 e. The molecule has 4 N–H and O–H groups in total. The number of nitrogen functional groups attached to an aromatic ring is 1. The fourth-order valence-electron chi connectivity index (χ4n) is 1.09. The predicted octanol–water partition coefficient (Wildman–Crippen LogP) is 0.608. The molecule has 5 nitrogen and oxygen atoms in total. The van der Waals surface area contributed by atoms with Crippen LogP contribution >= 0.6 is 0 Å². The summed E-state index contributed by atoms with van der Waals surface area (Å²) in [6, 6.07) is 4.75. The number of benzene rings is 1. The molecule has 0 saturated heterocycles. The van der Waals surface area contributed by atoms with Gasteiger partial charge in [-0.2, -0.15) is 0 Å². The fraction of sp³-hybridized carbons (Fsp3) is 0.273. The minimum absolute atomic E-state index is 0.347. The van der Waals surface area contributed by atoms with E-state index in [1.807, 2.05) is 0 Å². The van der Waals surface area contributed by atoms with Crippen LogP contribution in [0.5, 0.6) is 0 Å². The first-order chi connectivity index (χ1) is 7.41. The lowest BCUT2D eigenvalue weighted by molar-refractivity contribution is -0.125. The number of nitrogens with two attached hydrogens (primary N) is 2. The number of hydrogen-bond donors (Lipinski definition) is 2. The van der Waals surface area contributed by atoms with Crippen LogP contribution in [-0.4, -0.2) is 18.0 Å². The van der Waals surface area contributed by atoms with E-state index >= 15 is 0 Å². The Labute approximate surface area is 93.4 Å². The lowest BCUT2D eigenvalue weighted by Crippen LogP contribution is -2.30. The Hall–Kier alpha value is -2.04. The lowest BCUT2D eigenvalue weighted by Gasteiger charge is -2.10. The molecular weight excluding hydrogens is 208 g/mol. The number of anilines is 1. The van der Waals surface area contributed by atoms with Crippen molar-refractivity contribution in [2.75, 3.05) is 5.73 Å². The number of ether oxygens (including phenoxy) is 1. The summed E-state index contributed by atoms with van der Waals surface area (Å²) in [5, 5.41) is 0. The Morgan fingerprint density at radius 3 is 2.50 bits per heavy atom. The second-order valence-corrected chi connectivity index (χ2v) is 3.52. The van der Waals surface area contributed by atoms with Gasteiger partial charge >= 0.3 is 5.97 Å². The molecule has 0 radical (unpaired) electrons. The van der Waals surface area contributed by atoms with Gasteiger partial charge in [-0.15, -0.1) is 0 Å². The minimum atomic E-state index is -0.939. The molecule has 0 aliphatic heterocycles. The monoisotopic (exact) mass is 222 g/mol. The number of hydrogen-bond acceptors (Lipinski definition) is 4. The first-order valence-corrected chi connectivity index (χ1v) is 4.78. The molecule has 1 aromatic carbocycles. The Morgan fingerprint density at radius 2 is 2.00 bits per heavy atom. The second-order valence-electron chi connectivity index (χ2n) is 3.52. The van der Waals surface area contributed by atoms with E-state index in [0.717, 1.165) is 5.56 Å². The summed E-state index contributed by atoms with van der Waals surface area (Å²) < 4.78 is 4.84. The second kappa shape index (κ2) is 4.65. The maximum atomic E-state index is 11.6. The largest absolute Gasteiger partial charge is 0.449 e. The molecule has 0 spiro atoms. The van der Waals surface area contributed by atoms with Crippen molar-refractivity contribution in [1.29, 1.82) is 0 Å². The van der Waals surface area contributed by atoms with E-state index in [0.29, 0.717) is 11.3 Å². The molecule has 16 heavy (non-hydrogen) atoms. The van der Waals surface area contributed by atoms with E-state index < -0.39 is 18.0 Å². The average molecular weight is 222 g/mol. The van der Waals surface area contributed by atoms with Gasteiger partial charge in [-0.3, -0.25) is 4.79 Å². The van der Waals surface area contributed by atoms with Gasteiger partial charge in [-0.25, -0.2) is 4.79 Å². The zero-order valence-electron chi connectivity index (χ0n) is 9.19. The Balaban J connectivity index is 2.81.